The summed E-state index contributed by atoms with van der Waals surface area (Å²) in [6, 6.07) is 11.4. The Balaban J connectivity index is 1.49. The molecule has 1 saturated heterocycles. The number of nitro benzene ring substituents is 1. The predicted molar refractivity (Wildman–Crippen MR) is 205 cm³/mol. The fraction of sp³-hybridized carbons (Fsp3) is 0.561. The van der Waals surface area contributed by atoms with E-state index in [-0.39, 0.29) is 56.3 Å². The number of carbonyl (C=O) groups excluding carboxylic acids is 1. The van der Waals surface area contributed by atoms with Crippen LogP contribution in [-0.2, 0) is 20.9 Å². The number of methoxy groups -OCH3 is 1. The second kappa shape index (κ2) is 18.4. The van der Waals surface area contributed by atoms with Crippen molar-refractivity contribution in [1.29, 1.82) is 0 Å². The van der Waals surface area contributed by atoms with Crippen molar-refractivity contribution in [3.63, 3.8) is 0 Å². The molecule has 14 heteroatoms. The molecule has 6 rings (SSSR count). The van der Waals surface area contributed by atoms with Crippen molar-refractivity contribution < 1.29 is 43.7 Å². The number of oxime groups is 1. The average Bonchev–Trinajstić information content (AvgIpc) is 4.03. The number of carbonyl (C=O) groups is 1. The highest BCUT2D eigenvalue weighted by molar-refractivity contribution is 6.02. The van der Waals surface area contributed by atoms with E-state index >= 15 is 0 Å². The molecule has 14 nitrogen and oxygen atoms in total. The number of fused-ring (bicyclic) bond motifs is 2. The molecule has 6 atom stereocenters. The molecule has 0 aromatic heterocycles. The van der Waals surface area contributed by atoms with E-state index in [0.717, 1.165) is 62.2 Å². The molecule has 1 saturated carbocycles. The quantitative estimate of drug-likeness (QED) is 0.0549. The van der Waals surface area contributed by atoms with Crippen molar-refractivity contribution >= 4 is 17.5 Å². The summed E-state index contributed by atoms with van der Waals surface area (Å²) in [5.41, 5.74) is 3.21. The van der Waals surface area contributed by atoms with Crippen molar-refractivity contribution in [2.24, 2.45) is 22.9 Å². The maximum atomic E-state index is 13.4. The fourth-order valence-corrected chi connectivity index (χ4v) is 8.57. The molecule has 0 spiro atoms. The number of non-ortho nitro benzene ring substituents is 1. The van der Waals surface area contributed by atoms with E-state index in [1.54, 1.807) is 25.3 Å². The first kappa shape index (κ1) is 40.2. The topological polar surface area (TPSA) is 165 Å². The van der Waals surface area contributed by atoms with Crippen LogP contribution < -0.4 is 9.47 Å². The van der Waals surface area contributed by atoms with Gasteiger partial charge in [0, 0.05) is 69.9 Å². The molecule has 0 bridgehead atoms. The van der Waals surface area contributed by atoms with Crippen LogP contribution in [0.2, 0.25) is 0 Å². The second-order valence-electron chi connectivity index (χ2n) is 14.7. The molecule has 0 radical (unpaired) electrons. The number of aliphatic hydroxyl groups is 2. The molecule has 2 aromatic rings. The zero-order valence-corrected chi connectivity index (χ0v) is 31.8. The maximum absolute atomic E-state index is 13.4. The van der Waals surface area contributed by atoms with Crippen LogP contribution in [0.25, 0.3) is 0 Å². The Hall–Kier alpha value is -4.50. The van der Waals surface area contributed by atoms with Gasteiger partial charge < -0.3 is 38.9 Å². The monoisotopic (exact) mass is 762 g/mol. The van der Waals surface area contributed by atoms with Gasteiger partial charge in [0.1, 0.15) is 30.8 Å². The minimum absolute atomic E-state index is 0.0158. The molecule has 1 amide bonds. The smallest absolute Gasteiger partial charge is 0.409 e. The van der Waals surface area contributed by atoms with Gasteiger partial charge in [-0.1, -0.05) is 30.1 Å². The molecule has 2 heterocycles. The lowest BCUT2D eigenvalue weighted by molar-refractivity contribution is -0.384. The summed E-state index contributed by atoms with van der Waals surface area (Å²) >= 11 is 0. The lowest BCUT2D eigenvalue weighted by Crippen LogP contribution is -2.69. The Morgan fingerprint density at radius 3 is 2.55 bits per heavy atom. The molecule has 298 valence electrons. The summed E-state index contributed by atoms with van der Waals surface area (Å²) < 4.78 is 25.5. The molecular formula is C41H54N4O10. The summed E-state index contributed by atoms with van der Waals surface area (Å²) in [6.45, 7) is 7.93. The van der Waals surface area contributed by atoms with Crippen LogP contribution in [0.4, 0.5) is 10.5 Å². The van der Waals surface area contributed by atoms with Gasteiger partial charge >= 0.3 is 6.09 Å². The first-order chi connectivity index (χ1) is 26.7. The molecule has 2 aliphatic heterocycles. The van der Waals surface area contributed by atoms with Crippen molar-refractivity contribution in [1.82, 2.24) is 9.80 Å². The number of benzene rings is 2. The van der Waals surface area contributed by atoms with Gasteiger partial charge in [-0.2, -0.15) is 0 Å². The van der Waals surface area contributed by atoms with Gasteiger partial charge in [-0.05, 0) is 79.0 Å². The van der Waals surface area contributed by atoms with E-state index in [0.29, 0.717) is 36.5 Å². The van der Waals surface area contributed by atoms with Crippen molar-refractivity contribution in [3.05, 3.63) is 88.0 Å². The SMILES string of the molecule is C=CCOC12Oc3ccc(OCCN4CC4)cc3C3C(CCCCO)C(CCCCO)C=C(C(=NOCc4ccc([N+](=O)[O-])cc4)CC1N(C)C(=O)OC)C32. The van der Waals surface area contributed by atoms with Gasteiger partial charge in [0.25, 0.3) is 5.69 Å². The molecular weight excluding hydrogens is 708 g/mol. The first-order valence-corrected chi connectivity index (χ1v) is 19.3. The van der Waals surface area contributed by atoms with Crippen LogP contribution in [0.3, 0.4) is 0 Å². The molecule has 2 aromatic carbocycles. The number of likely N-dealkylation sites (N-methyl/N-ethyl adjacent to an activating group) is 1. The zero-order chi connectivity index (χ0) is 39.0. The van der Waals surface area contributed by atoms with E-state index < -0.39 is 28.8 Å². The summed E-state index contributed by atoms with van der Waals surface area (Å²) in [7, 11) is 3.00. The first-order valence-electron chi connectivity index (χ1n) is 19.3. The minimum atomic E-state index is -1.38. The third-order valence-electron chi connectivity index (χ3n) is 11.3. The number of hydrogen-bond donors (Lipinski definition) is 2. The number of unbranched alkanes of at least 4 members (excludes halogenated alkanes) is 2. The summed E-state index contributed by atoms with van der Waals surface area (Å²) in [5.74, 6) is -0.499. The lowest BCUT2D eigenvalue weighted by atomic mass is 9.55. The summed E-state index contributed by atoms with van der Waals surface area (Å²) in [6.07, 6.45) is 8.17. The average molecular weight is 763 g/mol. The van der Waals surface area contributed by atoms with Gasteiger partial charge in [0.2, 0.25) is 5.79 Å². The number of amides is 1. The lowest BCUT2D eigenvalue weighted by Gasteiger charge is -2.59. The van der Waals surface area contributed by atoms with E-state index in [1.807, 2.05) is 12.1 Å². The Bertz CT molecular complexity index is 1710. The second-order valence-corrected chi connectivity index (χ2v) is 14.7. The fourth-order valence-electron chi connectivity index (χ4n) is 8.57. The Morgan fingerprint density at radius 1 is 1.13 bits per heavy atom. The third kappa shape index (κ3) is 8.98. The van der Waals surface area contributed by atoms with E-state index in [1.165, 1.54) is 24.1 Å². The van der Waals surface area contributed by atoms with Gasteiger partial charge in [-0.25, -0.2) is 4.79 Å². The highest BCUT2D eigenvalue weighted by Crippen LogP contribution is 2.61. The molecule has 6 unspecified atom stereocenters. The summed E-state index contributed by atoms with van der Waals surface area (Å²) in [5, 5.41) is 35.6. The van der Waals surface area contributed by atoms with E-state index in [2.05, 4.69) is 23.6 Å². The number of ether oxygens (including phenoxy) is 4. The highest BCUT2D eigenvalue weighted by Gasteiger charge is 2.65. The normalized spacial score (nSPS) is 25.9. The number of nitrogens with zero attached hydrogens (tertiary/aromatic N) is 4. The molecule has 2 N–H and O–H groups in total. The standard InChI is InChI=1S/C41H54N4O10/c1-4-22-53-41-37(43(2)40(48)51-3)26-35(42-54-27-28-11-13-30(14-12-28)45(49)50)33-24-29(9-5-7-20-46)32(10-6-8-21-47)38(39(33)41)34-25-31(15-16-36(34)55-41)52-23-19-44-17-18-44/h4,11-16,24-25,29,32,37-39,46-47H,1,5-10,17-23,26-27H2,2-3H3. The third-order valence-corrected chi connectivity index (χ3v) is 11.3. The van der Waals surface area contributed by atoms with E-state index in [9.17, 15) is 25.1 Å². The predicted octanol–water partition coefficient (Wildman–Crippen LogP) is 5.82. The highest BCUT2D eigenvalue weighted by atomic mass is 16.7. The number of aliphatic hydroxyl groups excluding tert-OH is 2. The Labute approximate surface area is 322 Å². The van der Waals surface area contributed by atoms with Crippen LogP contribution in [0.5, 0.6) is 11.5 Å². The largest absolute Gasteiger partial charge is 0.492 e. The molecule has 55 heavy (non-hydrogen) atoms. The van der Waals surface area contributed by atoms with Gasteiger partial charge in [-0.3, -0.25) is 15.0 Å². The van der Waals surface area contributed by atoms with Crippen molar-refractivity contribution in [2.45, 2.75) is 69.3 Å². The van der Waals surface area contributed by atoms with E-state index in [4.69, 9.17) is 28.9 Å². The molecule has 4 aliphatic rings. The minimum Gasteiger partial charge on any atom is -0.492 e. The Kier molecular flexibility index (Phi) is 13.5. The van der Waals surface area contributed by atoms with Gasteiger partial charge in [0.15, 0.2) is 0 Å². The van der Waals surface area contributed by atoms with Crippen molar-refractivity contribution in [2.75, 3.05) is 60.2 Å². The summed E-state index contributed by atoms with van der Waals surface area (Å²) in [4.78, 5) is 34.0. The zero-order valence-electron chi connectivity index (χ0n) is 31.8. The number of rotatable bonds is 20. The van der Waals surface area contributed by atoms with Gasteiger partial charge in [-0.15, -0.1) is 6.58 Å². The number of nitro groups is 1. The molecule has 2 fully saturated rings. The number of hydrogen-bond acceptors (Lipinski definition) is 12. The van der Waals surface area contributed by atoms with Crippen LogP contribution in [-0.4, -0.2) is 109 Å². The van der Waals surface area contributed by atoms with Gasteiger partial charge in [0.05, 0.1) is 30.3 Å². The maximum Gasteiger partial charge on any atom is 0.409 e. The van der Waals surface area contributed by atoms with Crippen LogP contribution in [0.1, 0.15) is 62.0 Å². The molecule has 2 aliphatic carbocycles. The van der Waals surface area contributed by atoms with Crippen molar-refractivity contribution in [3.8, 4) is 11.5 Å². The Morgan fingerprint density at radius 2 is 1.87 bits per heavy atom. The number of allylic oxidation sites excluding steroid dienone is 1. The van der Waals surface area contributed by atoms with Crippen LogP contribution in [0, 0.1) is 27.9 Å². The van der Waals surface area contributed by atoms with Crippen LogP contribution in [0.15, 0.2) is 71.9 Å². The van der Waals surface area contributed by atoms with Crippen LogP contribution >= 0.6 is 0 Å².